The van der Waals surface area contributed by atoms with Crippen LogP contribution in [-0.2, 0) is 14.3 Å². The molecular weight excluding hydrogens is 1160 g/mol. The Balaban J connectivity index is 1.99. The molecule has 0 bridgehead atoms. The van der Waals surface area contributed by atoms with Gasteiger partial charge in [0.25, 0.3) is 0 Å². The van der Waals surface area contributed by atoms with Gasteiger partial charge < -0.3 is 40.3 Å². The fourth-order valence-corrected chi connectivity index (χ4v) is 14.8. The summed E-state index contributed by atoms with van der Waals surface area (Å²) in [5.41, 5.74) is 0. The Labute approximate surface area is 586 Å². The fourth-order valence-electron chi connectivity index (χ4n) is 14.8. The van der Waals surface area contributed by atoms with Crippen molar-refractivity contribution >= 4 is 5.91 Å². The first-order chi connectivity index (χ1) is 46.3. The zero-order valence-corrected chi connectivity index (χ0v) is 63.5. The van der Waals surface area contributed by atoms with Crippen LogP contribution in [0.4, 0.5) is 0 Å². The first kappa shape index (κ1) is 91.2. The number of carbonyl (C=O) groups is 1. The van der Waals surface area contributed by atoms with Gasteiger partial charge in [-0.3, -0.25) is 4.79 Å². The van der Waals surface area contributed by atoms with Crippen LogP contribution >= 0.6 is 0 Å². The smallest absolute Gasteiger partial charge is 0.220 e. The third-order valence-electron chi connectivity index (χ3n) is 21.5. The monoisotopic (exact) mass is 1330 g/mol. The van der Waals surface area contributed by atoms with E-state index in [0.717, 1.165) is 38.5 Å². The van der Waals surface area contributed by atoms with Gasteiger partial charge in [-0.1, -0.05) is 463 Å². The number of unbranched alkanes of at least 4 members (excludes halogenated alkanes) is 69. The maximum atomic E-state index is 13.2. The lowest BCUT2D eigenvalue weighted by molar-refractivity contribution is -0.302. The van der Waals surface area contributed by atoms with E-state index in [1.807, 2.05) is 0 Å². The lowest BCUT2D eigenvalue weighted by Gasteiger charge is -2.40. The van der Waals surface area contributed by atoms with Gasteiger partial charge >= 0.3 is 0 Å². The summed E-state index contributed by atoms with van der Waals surface area (Å²) in [6, 6.07) is -0.717. The molecular formula is C85H169NO8. The van der Waals surface area contributed by atoms with Crippen molar-refractivity contribution in [3.05, 3.63) is 0 Å². The maximum absolute atomic E-state index is 13.2. The van der Waals surface area contributed by atoms with Crippen LogP contribution in [0.2, 0.25) is 0 Å². The first-order valence-corrected chi connectivity index (χ1v) is 43.2. The van der Waals surface area contributed by atoms with E-state index in [-0.39, 0.29) is 12.5 Å². The van der Waals surface area contributed by atoms with Crippen molar-refractivity contribution in [1.29, 1.82) is 0 Å². The van der Waals surface area contributed by atoms with E-state index in [0.29, 0.717) is 12.8 Å². The van der Waals surface area contributed by atoms with Gasteiger partial charge in [-0.2, -0.15) is 0 Å². The van der Waals surface area contributed by atoms with E-state index in [1.54, 1.807) is 0 Å². The van der Waals surface area contributed by atoms with Gasteiger partial charge in [-0.15, -0.1) is 0 Å². The van der Waals surface area contributed by atoms with Crippen LogP contribution in [0.25, 0.3) is 0 Å². The summed E-state index contributed by atoms with van der Waals surface area (Å²) >= 11 is 0. The molecule has 0 aromatic carbocycles. The second-order valence-corrected chi connectivity index (χ2v) is 30.7. The van der Waals surface area contributed by atoms with Crippen LogP contribution in [-0.4, -0.2) is 87.5 Å². The largest absolute Gasteiger partial charge is 0.394 e. The Hall–Kier alpha value is -0.810. The van der Waals surface area contributed by atoms with Crippen LogP contribution in [0.1, 0.15) is 483 Å². The van der Waals surface area contributed by atoms with E-state index in [1.165, 1.54) is 417 Å². The molecule has 1 fully saturated rings. The molecule has 1 amide bonds. The number of hydrogen-bond donors (Lipinski definition) is 6. The molecule has 562 valence electrons. The minimum atomic E-state index is -1.55. The molecule has 6 N–H and O–H groups in total. The number of ether oxygens (including phenoxy) is 2. The van der Waals surface area contributed by atoms with Crippen molar-refractivity contribution in [3.8, 4) is 0 Å². The van der Waals surface area contributed by atoms with Crippen LogP contribution in [0.15, 0.2) is 0 Å². The van der Waals surface area contributed by atoms with Crippen molar-refractivity contribution < 1.29 is 39.8 Å². The van der Waals surface area contributed by atoms with Gasteiger partial charge in [0.15, 0.2) is 6.29 Å². The van der Waals surface area contributed by atoms with Gasteiger partial charge in [-0.25, -0.2) is 0 Å². The number of aliphatic hydroxyl groups excluding tert-OH is 5. The molecule has 9 heteroatoms. The Morgan fingerprint density at radius 3 is 0.755 bits per heavy atom. The van der Waals surface area contributed by atoms with Gasteiger partial charge in [0.05, 0.1) is 25.4 Å². The second kappa shape index (κ2) is 74.9. The lowest BCUT2D eigenvalue weighted by Crippen LogP contribution is -2.60. The van der Waals surface area contributed by atoms with Crippen molar-refractivity contribution in [2.75, 3.05) is 13.2 Å². The molecule has 0 spiro atoms. The molecule has 1 aliphatic rings. The van der Waals surface area contributed by atoms with E-state index >= 15 is 0 Å². The zero-order chi connectivity index (χ0) is 67.8. The summed E-state index contributed by atoms with van der Waals surface area (Å²) in [6.45, 7) is 3.93. The number of amides is 1. The van der Waals surface area contributed by atoms with Gasteiger partial charge in [0.1, 0.15) is 24.4 Å². The average molecular weight is 1330 g/mol. The number of nitrogens with one attached hydrogen (secondary N) is 1. The van der Waals surface area contributed by atoms with Gasteiger partial charge in [-0.05, 0) is 12.8 Å². The SMILES string of the molecule is CCCCCCCCCCCCCCCCCCCCCCCCCCCCCCCCCCCCCCCCCCCC(=O)NC(COC1OC(CO)C(O)C(O)C1O)C(O)CCCCCCCCCCCCCCCCCCCCCCCCCCCCCCCC. The molecule has 0 aliphatic carbocycles. The third kappa shape index (κ3) is 62.2. The Kier molecular flexibility index (Phi) is 72.6. The predicted octanol–water partition coefficient (Wildman–Crippen LogP) is 25.2. The van der Waals surface area contributed by atoms with Gasteiger partial charge in [0, 0.05) is 6.42 Å². The van der Waals surface area contributed by atoms with Crippen LogP contribution in [0.3, 0.4) is 0 Å². The summed E-state index contributed by atoms with van der Waals surface area (Å²) in [6.07, 6.45) is 91.1. The summed E-state index contributed by atoms with van der Waals surface area (Å²) in [5, 5.41) is 55.2. The minimum absolute atomic E-state index is 0.130. The molecule has 7 atom stereocenters. The molecule has 0 aromatic rings. The fraction of sp³-hybridized carbons (Fsp3) is 0.988. The van der Waals surface area contributed by atoms with Crippen LogP contribution in [0, 0.1) is 0 Å². The van der Waals surface area contributed by atoms with Crippen LogP contribution in [0.5, 0.6) is 0 Å². The standard InChI is InChI=1S/C85H169NO8/c1-3-5-7-9-11-13-15-17-19-21-23-25-27-29-31-33-35-36-37-38-39-40-41-42-43-44-45-47-49-51-53-55-57-59-61-63-65-67-69-71-73-75-81(89)86-78(77-93-85-84(92)83(91)82(90)80(76-87)94-85)79(88)74-72-70-68-66-64-62-60-58-56-54-52-50-48-46-34-32-30-28-26-24-22-20-18-16-14-12-10-8-6-4-2/h78-80,82-85,87-88,90-92H,3-77H2,1-2H3,(H,86,89). The van der Waals surface area contributed by atoms with E-state index in [4.69, 9.17) is 9.47 Å². The summed E-state index contributed by atoms with van der Waals surface area (Å²) in [5.74, 6) is -0.131. The van der Waals surface area contributed by atoms with E-state index in [9.17, 15) is 30.3 Å². The highest BCUT2D eigenvalue weighted by Crippen LogP contribution is 2.25. The number of rotatable bonds is 79. The molecule has 1 aliphatic heterocycles. The third-order valence-corrected chi connectivity index (χ3v) is 21.5. The second-order valence-electron chi connectivity index (χ2n) is 30.7. The van der Waals surface area contributed by atoms with Crippen molar-refractivity contribution in [3.63, 3.8) is 0 Å². The highest BCUT2D eigenvalue weighted by molar-refractivity contribution is 5.76. The predicted molar refractivity (Wildman–Crippen MR) is 406 cm³/mol. The minimum Gasteiger partial charge on any atom is -0.394 e. The number of carbonyl (C=O) groups excluding carboxylic acids is 1. The highest BCUT2D eigenvalue weighted by atomic mass is 16.7. The topological polar surface area (TPSA) is 149 Å². The maximum Gasteiger partial charge on any atom is 0.220 e. The van der Waals surface area contributed by atoms with E-state index in [2.05, 4.69) is 19.2 Å². The Bertz CT molecular complexity index is 1450. The normalized spacial score (nSPS) is 17.4. The molecule has 1 heterocycles. The van der Waals surface area contributed by atoms with Crippen LogP contribution < -0.4 is 5.32 Å². The van der Waals surface area contributed by atoms with E-state index < -0.39 is 49.5 Å². The molecule has 0 saturated carbocycles. The molecule has 9 nitrogen and oxygen atoms in total. The average Bonchev–Trinajstić information content (AvgIpc) is 0.831. The number of aliphatic hydroxyl groups is 5. The molecule has 1 saturated heterocycles. The Morgan fingerprint density at radius 2 is 0.532 bits per heavy atom. The first-order valence-electron chi connectivity index (χ1n) is 43.2. The summed E-state index contributed by atoms with van der Waals surface area (Å²) in [7, 11) is 0. The summed E-state index contributed by atoms with van der Waals surface area (Å²) in [4.78, 5) is 13.2. The highest BCUT2D eigenvalue weighted by Gasteiger charge is 2.44. The van der Waals surface area contributed by atoms with Crippen molar-refractivity contribution in [1.82, 2.24) is 5.32 Å². The number of hydrogen-bond acceptors (Lipinski definition) is 8. The molecule has 0 aromatic heterocycles. The van der Waals surface area contributed by atoms with Gasteiger partial charge in [0.2, 0.25) is 5.91 Å². The molecule has 94 heavy (non-hydrogen) atoms. The lowest BCUT2D eigenvalue weighted by atomic mass is 9.99. The molecule has 7 unspecified atom stereocenters. The Morgan fingerprint density at radius 1 is 0.319 bits per heavy atom. The quantitative estimate of drug-likeness (QED) is 0.0330. The van der Waals surface area contributed by atoms with Crippen molar-refractivity contribution in [2.45, 2.75) is 525 Å². The van der Waals surface area contributed by atoms with Crippen molar-refractivity contribution in [2.24, 2.45) is 0 Å². The summed E-state index contributed by atoms with van der Waals surface area (Å²) < 4.78 is 11.4. The zero-order valence-electron chi connectivity index (χ0n) is 63.5. The molecule has 1 rings (SSSR count). The molecule has 0 radical (unpaired) electrons.